The van der Waals surface area contributed by atoms with Gasteiger partial charge in [-0.15, -0.1) is 0 Å². The molecule has 0 aliphatic carbocycles. The summed E-state index contributed by atoms with van der Waals surface area (Å²) < 4.78 is 45.8. The summed E-state index contributed by atoms with van der Waals surface area (Å²) in [6.07, 6.45) is -3.96. The number of halogens is 3. The normalized spacial score (nSPS) is 21.2. The molecule has 0 aromatic carbocycles. The van der Waals surface area contributed by atoms with Crippen LogP contribution in [0.1, 0.15) is 30.6 Å². The lowest BCUT2D eigenvalue weighted by atomic mass is 9.99. The van der Waals surface area contributed by atoms with E-state index in [1.54, 1.807) is 17.9 Å². The zero-order valence-electron chi connectivity index (χ0n) is 15.3. The molecule has 150 valence electrons. The monoisotopic (exact) mass is 403 g/mol. The second-order valence-corrected chi connectivity index (χ2v) is 6.95. The molecule has 2 aromatic rings. The smallest absolute Gasteiger partial charge is 0.416 e. The van der Waals surface area contributed by atoms with E-state index in [0.717, 1.165) is 12.1 Å². The largest absolute Gasteiger partial charge is 0.441 e. The number of amides is 1. The first-order chi connectivity index (χ1) is 13.8. The van der Waals surface area contributed by atoms with Crippen molar-refractivity contribution in [2.75, 3.05) is 23.3 Å². The van der Waals surface area contributed by atoms with Gasteiger partial charge in [0.15, 0.2) is 0 Å². The lowest BCUT2D eigenvalue weighted by Gasteiger charge is -2.25. The van der Waals surface area contributed by atoms with Gasteiger partial charge in [0.25, 0.3) is 0 Å². The van der Waals surface area contributed by atoms with Gasteiger partial charge in [0, 0.05) is 30.4 Å². The molecule has 2 aromatic heterocycles. The number of nitrogens with zero attached hydrogens (tertiary/aromatic N) is 4. The second-order valence-electron chi connectivity index (χ2n) is 6.95. The molecule has 2 aliphatic heterocycles. The number of nitriles is 1. The van der Waals surface area contributed by atoms with Gasteiger partial charge < -0.3 is 9.64 Å². The van der Waals surface area contributed by atoms with Gasteiger partial charge in [-0.2, -0.15) is 18.4 Å². The van der Waals surface area contributed by atoms with Crippen LogP contribution in [0.25, 0.3) is 11.3 Å². The number of fused-ring (bicyclic) bond motifs is 1. The van der Waals surface area contributed by atoms with Crippen LogP contribution in [-0.2, 0) is 10.9 Å². The summed E-state index contributed by atoms with van der Waals surface area (Å²) >= 11 is 0. The van der Waals surface area contributed by atoms with Crippen molar-refractivity contribution in [3.8, 4) is 17.3 Å². The predicted octanol–water partition coefficient (Wildman–Crippen LogP) is 4.14. The maximum atomic E-state index is 13.6. The van der Waals surface area contributed by atoms with E-state index < -0.39 is 23.9 Å². The molecule has 1 amide bonds. The van der Waals surface area contributed by atoms with Gasteiger partial charge in [0.05, 0.1) is 23.2 Å². The van der Waals surface area contributed by atoms with Gasteiger partial charge in [0.1, 0.15) is 17.7 Å². The first-order valence-electron chi connectivity index (χ1n) is 8.97. The highest BCUT2D eigenvalue weighted by Gasteiger charge is 2.34. The van der Waals surface area contributed by atoms with E-state index in [4.69, 9.17) is 10.00 Å². The van der Waals surface area contributed by atoms with E-state index in [9.17, 15) is 18.0 Å². The highest BCUT2D eigenvalue weighted by molar-refractivity contribution is 5.89. The van der Waals surface area contributed by atoms with Crippen molar-refractivity contribution in [3.63, 3.8) is 0 Å². The number of hydrogen-bond donors (Lipinski definition) is 1. The lowest BCUT2D eigenvalue weighted by molar-refractivity contribution is -0.137. The first kappa shape index (κ1) is 19.0. The van der Waals surface area contributed by atoms with Crippen LogP contribution in [0, 0.1) is 17.2 Å². The van der Waals surface area contributed by atoms with Crippen molar-refractivity contribution in [1.82, 2.24) is 9.97 Å². The van der Waals surface area contributed by atoms with Gasteiger partial charge in [-0.1, -0.05) is 0 Å². The minimum absolute atomic E-state index is 0.0977. The van der Waals surface area contributed by atoms with Crippen molar-refractivity contribution in [2.45, 2.75) is 25.6 Å². The van der Waals surface area contributed by atoms with Crippen LogP contribution in [0.15, 0.2) is 24.4 Å². The van der Waals surface area contributed by atoms with E-state index >= 15 is 0 Å². The molecule has 10 heteroatoms. The summed E-state index contributed by atoms with van der Waals surface area (Å²) in [5, 5.41) is 11.6. The Labute approximate surface area is 164 Å². The zero-order chi connectivity index (χ0) is 20.8. The Kier molecular flexibility index (Phi) is 4.53. The summed E-state index contributed by atoms with van der Waals surface area (Å²) in [4.78, 5) is 21.8. The van der Waals surface area contributed by atoms with Crippen LogP contribution in [0.4, 0.5) is 29.6 Å². The Hall–Kier alpha value is -3.35. The standard InChI is InChI=1S/C19H16F3N5O2/c1-10-16-13(2-4-24-17(16)26-18(28)29-10)14-6-12(19(20,21)22)7-15(25-14)27-5-3-11(8-23)9-27/h2,4,6-7,10-11H,3,5,9H2,1H3,(H,24,26,28)/t10-,11-/m0/s1. The van der Waals surface area contributed by atoms with Crippen molar-refractivity contribution >= 4 is 17.7 Å². The number of aromatic nitrogens is 2. The third-order valence-corrected chi connectivity index (χ3v) is 5.01. The van der Waals surface area contributed by atoms with Crippen molar-refractivity contribution < 1.29 is 22.7 Å². The molecule has 1 saturated heterocycles. The lowest BCUT2D eigenvalue weighted by Crippen LogP contribution is -2.25. The highest BCUT2D eigenvalue weighted by Crippen LogP contribution is 2.40. The fourth-order valence-corrected chi connectivity index (χ4v) is 3.61. The Balaban J connectivity index is 1.85. The van der Waals surface area contributed by atoms with Gasteiger partial charge in [0.2, 0.25) is 0 Å². The number of carbonyl (C=O) groups is 1. The van der Waals surface area contributed by atoms with Crippen LogP contribution in [0.3, 0.4) is 0 Å². The molecule has 29 heavy (non-hydrogen) atoms. The summed E-state index contributed by atoms with van der Waals surface area (Å²) in [6, 6.07) is 5.67. The highest BCUT2D eigenvalue weighted by atomic mass is 19.4. The molecule has 0 bridgehead atoms. The molecule has 1 N–H and O–H groups in total. The first-order valence-corrected chi connectivity index (χ1v) is 8.97. The fraction of sp³-hybridized carbons (Fsp3) is 0.368. The van der Waals surface area contributed by atoms with Crippen molar-refractivity contribution in [1.29, 1.82) is 5.26 Å². The Bertz CT molecular complexity index is 1020. The van der Waals surface area contributed by atoms with Crippen molar-refractivity contribution in [3.05, 3.63) is 35.5 Å². The van der Waals surface area contributed by atoms with E-state index in [2.05, 4.69) is 21.4 Å². The third kappa shape index (κ3) is 3.55. The van der Waals surface area contributed by atoms with Crippen LogP contribution < -0.4 is 10.2 Å². The average molecular weight is 403 g/mol. The molecule has 0 saturated carbocycles. The topological polar surface area (TPSA) is 91.1 Å². The average Bonchev–Trinajstić information content (AvgIpc) is 3.15. The second kappa shape index (κ2) is 6.92. The summed E-state index contributed by atoms with van der Waals surface area (Å²) in [7, 11) is 0. The van der Waals surface area contributed by atoms with Crippen LogP contribution in [0.2, 0.25) is 0 Å². The molecule has 2 atom stereocenters. The molecular weight excluding hydrogens is 387 g/mol. The van der Waals surface area contributed by atoms with E-state index in [-0.39, 0.29) is 23.2 Å². The number of nitrogens with one attached hydrogen (secondary N) is 1. The zero-order valence-corrected chi connectivity index (χ0v) is 15.3. The summed E-state index contributed by atoms with van der Waals surface area (Å²) in [6.45, 7) is 2.40. The molecule has 4 rings (SSSR count). The molecule has 7 nitrogen and oxygen atoms in total. The van der Waals surface area contributed by atoms with Crippen molar-refractivity contribution in [2.24, 2.45) is 5.92 Å². The summed E-state index contributed by atoms with van der Waals surface area (Å²) in [5.41, 5.74) is 0.115. The molecule has 0 unspecified atom stereocenters. The van der Waals surface area contributed by atoms with Gasteiger partial charge in [-0.3, -0.25) is 5.32 Å². The number of ether oxygens (including phenoxy) is 1. The van der Waals surface area contributed by atoms with Gasteiger partial charge in [-0.05, 0) is 31.5 Å². The molecule has 0 spiro atoms. The SMILES string of the molecule is C[C@@H]1OC(=O)Nc2nccc(-c3cc(C(F)(F)F)cc(N4CC[C@@H](C#N)C4)n3)c21. The third-order valence-electron chi connectivity index (χ3n) is 5.01. The molecular formula is C19H16F3N5O2. The molecule has 4 heterocycles. The number of rotatable bonds is 2. The van der Waals surface area contributed by atoms with Crippen LogP contribution >= 0.6 is 0 Å². The van der Waals surface area contributed by atoms with E-state index in [1.165, 1.54) is 6.20 Å². The maximum Gasteiger partial charge on any atom is 0.416 e. The van der Waals surface area contributed by atoms with Crippen LogP contribution in [-0.4, -0.2) is 29.2 Å². The van der Waals surface area contributed by atoms with Crippen LogP contribution in [0.5, 0.6) is 0 Å². The molecule has 2 aliphatic rings. The quantitative estimate of drug-likeness (QED) is 0.811. The van der Waals surface area contributed by atoms with E-state index in [1.807, 2.05) is 0 Å². The van der Waals surface area contributed by atoms with E-state index in [0.29, 0.717) is 30.6 Å². The van der Waals surface area contributed by atoms with Gasteiger partial charge >= 0.3 is 12.3 Å². The number of carbonyl (C=O) groups excluding carboxylic acids is 1. The number of cyclic esters (lactones) is 1. The number of alkyl halides is 3. The Morgan fingerprint density at radius 2 is 2.17 bits per heavy atom. The molecule has 1 fully saturated rings. The minimum atomic E-state index is -4.57. The Morgan fingerprint density at radius 3 is 2.86 bits per heavy atom. The fourth-order valence-electron chi connectivity index (χ4n) is 3.61. The number of anilines is 2. The van der Waals surface area contributed by atoms with Gasteiger partial charge in [-0.25, -0.2) is 14.8 Å². The minimum Gasteiger partial charge on any atom is -0.441 e. The number of hydrogen-bond acceptors (Lipinski definition) is 6. The predicted molar refractivity (Wildman–Crippen MR) is 96.9 cm³/mol. The maximum absolute atomic E-state index is 13.6. The molecule has 0 radical (unpaired) electrons. The Morgan fingerprint density at radius 1 is 1.38 bits per heavy atom. The number of pyridine rings is 2. The summed E-state index contributed by atoms with van der Waals surface area (Å²) in [5.74, 6) is 0.149.